The lowest BCUT2D eigenvalue weighted by Crippen LogP contribution is -1.78. The Balaban J connectivity index is 3.06. The van der Waals surface area contributed by atoms with Crippen LogP contribution in [0.15, 0.2) is 12.4 Å². The molecule has 2 radical (unpaired) electrons. The summed E-state index contributed by atoms with van der Waals surface area (Å²) in [7, 11) is 0. The van der Waals surface area contributed by atoms with E-state index in [1.165, 1.54) is 12.4 Å². The Hall–Kier alpha value is -1.43. The second-order valence-electron chi connectivity index (χ2n) is 1.43. The molecule has 0 spiro atoms. The zero-order chi connectivity index (χ0) is 6.69. The van der Waals surface area contributed by atoms with Gasteiger partial charge in [0.2, 0.25) is 0 Å². The molecule has 0 N–H and O–H groups in total. The molecule has 9 heavy (non-hydrogen) atoms. The highest BCUT2D eigenvalue weighted by Crippen LogP contribution is 2.00. The van der Waals surface area contributed by atoms with Crippen LogP contribution in [0.5, 0.6) is 0 Å². The Morgan fingerprint density at radius 2 is 2.00 bits per heavy atom. The van der Waals surface area contributed by atoms with Gasteiger partial charge in [-0.25, -0.2) is 0 Å². The lowest BCUT2D eigenvalue weighted by molar-refractivity contribution is 1.18. The number of hydrogen-bond donors (Lipinski definition) is 0. The SMILES string of the molecule is [C-]#[N+]c1ncc([CH])cn1. The quantitative estimate of drug-likeness (QED) is 0.476. The maximum atomic E-state index is 6.47. The van der Waals surface area contributed by atoms with Crippen molar-refractivity contribution in [1.29, 1.82) is 0 Å². The molecule has 42 valence electrons. The third-order valence-electron chi connectivity index (χ3n) is 0.758. The molecule has 0 unspecified atom stereocenters. The zero-order valence-corrected chi connectivity index (χ0v) is 4.57. The van der Waals surface area contributed by atoms with Crippen LogP contribution in [0.4, 0.5) is 5.95 Å². The molecule has 0 saturated heterocycles. The largest absolute Gasteiger partial charge is 0.394 e. The first-order valence-electron chi connectivity index (χ1n) is 2.28. The fourth-order valence-corrected chi connectivity index (χ4v) is 0.389. The smallest absolute Gasteiger partial charge is 0.371 e. The summed E-state index contributed by atoms with van der Waals surface area (Å²) in [5.74, 6) is 0.129. The van der Waals surface area contributed by atoms with Crippen molar-refractivity contribution in [2.24, 2.45) is 0 Å². The zero-order valence-electron chi connectivity index (χ0n) is 4.57. The van der Waals surface area contributed by atoms with E-state index in [9.17, 15) is 0 Å². The minimum Gasteiger partial charge on any atom is -0.394 e. The van der Waals surface area contributed by atoms with Crippen LogP contribution in [0.3, 0.4) is 0 Å². The van der Waals surface area contributed by atoms with Gasteiger partial charge in [0.15, 0.2) is 0 Å². The van der Waals surface area contributed by atoms with E-state index in [1.54, 1.807) is 0 Å². The highest BCUT2D eigenvalue weighted by atomic mass is 15.0. The molecule has 1 aromatic heterocycles. The maximum Gasteiger partial charge on any atom is 0.371 e. The van der Waals surface area contributed by atoms with Gasteiger partial charge in [0.05, 0.1) is 12.4 Å². The third kappa shape index (κ3) is 1.23. The van der Waals surface area contributed by atoms with Crippen LogP contribution < -0.4 is 0 Å². The summed E-state index contributed by atoms with van der Waals surface area (Å²) in [6.45, 7) is 11.7. The molecule has 1 heterocycles. The van der Waals surface area contributed by atoms with Crippen molar-refractivity contribution in [3.63, 3.8) is 0 Å². The molecular weight excluding hydrogens is 114 g/mol. The molecule has 0 aromatic carbocycles. The van der Waals surface area contributed by atoms with E-state index in [0.29, 0.717) is 5.56 Å². The minimum absolute atomic E-state index is 0.129. The van der Waals surface area contributed by atoms with Crippen molar-refractivity contribution in [3.8, 4) is 0 Å². The summed E-state index contributed by atoms with van der Waals surface area (Å²) < 4.78 is 0. The lowest BCUT2D eigenvalue weighted by Gasteiger charge is -1.83. The van der Waals surface area contributed by atoms with Gasteiger partial charge in [0.25, 0.3) is 0 Å². The van der Waals surface area contributed by atoms with E-state index in [-0.39, 0.29) is 5.95 Å². The van der Waals surface area contributed by atoms with Gasteiger partial charge in [-0.05, 0) is 0 Å². The van der Waals surface area contributed by atoms with Gasteiger partial charge < -0.3 is 4.85 Å². The summed E-state index contributed by atoms with van der Waals surface area (Å²) in [6, 6.07) is 0. The summed E-state index contributed by atoms with van der Waals surface area (Å²) >= 11 is 0. The molecule has 0 aliphatic rings. The van der Waals surface area contributed by atoms with Crippen LogP contribution in [0.2, 0.25) is 0 Å². The van der Waals surface area contributed by atoms with E-state index in [2.05, 4.69) is 14.8 Å². The number of nitrogens with zero attached hydrogens (tertiary/aromatic N) is 3. The molecule has 0 fully saturated rings. The highest BCUT2D eigenvalue weighted by Gasteiger charge is 1.91. The predicted molar refractivity (Wildman–Crippen MR) is 31.7 cm³/mol. The number of rotatable bonds is 0. The first-order valence-corrected chi connectivity index (χ1v) is 2.28. The molecular formula is C6H3N3. The fraction of sp³-hybridized carbons (Fsp3) is 0. The Bertz CT molecular complexity index is 231. The highest BCUT2D eigenvalue weighted by molar-refractivity contribution is 5.25. The molecule has 0 aliphatic carbocycles. The van der Waals surface area contributed by atoms with Gasteiger partial charge >= 0.3 is 5.95 Å². The number of aromatic nitrogens is 2. The van der Waals surface area contributed by atoms with Crippen molar-refractivity contribution in [3.05, 3.63) is 36.3 Å². The van der Waals surface area contributed by atoms with E-state index in [0.717, 1.165) is 0 Å². The van der Waals surface area contributed by atoms with E-state index in [1.807, 2.05) is 0 Å². The van der Waals surface area contributed by atoms with Crippen LogP contribution in [0, 0.1) is 13.5 Å². The Labute approximate surface area is 53.2 Å². The third-order valence-corrected chi connectivity index (χ3v) is 0.758. The predicted octanol–water partition coefficient (Wildman–Crippen LogP) is 1.09. The average Bonchev–Trinajstić information content (AvgIpc) is 1.90. The molecule has 0 atom stereocenters. The van der Waals surface area contributed by atoms with Crippen molar-refractivity contribution in [1.82, 2.24) is 9.97 Å². The van der Waals surface area contributed by atoms with Gasteiger partial charge in [-0.15, -0.1) is 6.57 Å². The summed E-state index contributed by atoms with van der Waals surface area (Å²) in [6.07, 6.45) is 2.81. The monoisotopic (exact) mass is 117 g/mol. The van der Waals surface area contributed by atoms with Crippen molar-refractivity contribution in [2.75, 3.05) is 0 Å². The van der Waals surface area contributed by atoms with Crippen molar-refractivity contribution >= 4 is 5.95 Å². The van der Waals surface area contributed by atoms with Crippen molar-refractivity contribution in [2.45, 2.75) is 0 Å². The lowest BCUT2D eigenvalue weighted by atomic mass is 10.4. The standard InChI is InChI=1S/C6H3N3/c1-5-3-8-6(7-2)9-4-5/h1,3-4H. The normalized spacial score (nSPS) is 8.44. The van der Waals surface area contributed by atoms with Crippen molar-refractivity contribution < 1.29 is 0 Å². The van der Waals surface area contributed by atoms with E-state index >= 15 is 0 Å². The summed E-state index contributed by atoms with van der Waals surface area (Å²) in [5.41, 5.74) is 0.474. The number of hydrogen-bond acceptors (Lipinski definition) is 2. The Morgan fingerprint density at radius 3 is 2.44 bits per heavy atom. The minimum atomic E-state index is 0.129. The molecule has 0 bridgehead atoms. The van der Waals surface area contributed by atoms with Crippen LogP contribution in [0.1, 0.15) is 5.56 Å². The van der Waals surface area contributed by atoms with Gasteiger partial charge in [-0.1, -0.05) is 0 Å². The van der Waals surface area contributed by atoms with Gasteiger partial charge in [-0.3, -0.25) is 0 Å². The molecule has 1 aromatic rings. The molecule has 1 rings (SSSR count). The second-order valence-corrected chi connectivity index (χ2v) is 1.43. The van der Waals surface area contributed by atoms with E-state index < -0.39 is 0 Å². The van der Waals surface area contributed by atoms with E-state index in [4.69, 9.17) is 13.5 Å². The van der Waals surface area contributed by atoms with Gasteiger partial charge in [0, 0.05) is 12.5 Å². The summed E-state index contributed by atoms with van der Waals surface area (Å²) in [5, 5.41) is 0. The maximum absolute atomic E-state index is 6.47. The van der Waals surface area contributed by atoms with Crippen LogP contribution in [0.25, 0.3) is 4.85 Å². The van der Waals surface area contributed by atoms with Crippen LogP contribution in [-0.4, -0.2) is 9.97 Å². The first-order chi connectivity index (χ1) is 4.33. The molecule has 3 nitrogen and oxygen atoms in total. The van der Waals surface area contributed by atoms with Crippen LogP contribution in [-0.2, 0) is 0 Å². The second kappa shape index (κ2) is 2.23. The fourth-order valence-electron chi connectivity index (χ4n) is 0.389. The van der Waals surface area contributed by atoms with Gasteiger partial charge in [-0.2, -0.15) is 9.97 Å². The molecule has 3 heteroatoms. The molecule has 0 saturated carbocycles. The molecule has 0 aliphatic heterocycles. The first kappa shape index (κ1) is 5.70. The Kier molecular flexibility index (Phi) is 1.41. The Morgan fingerprint density at radius 1 is 1.44 bits per heavy atom. The average molecular weight is 117 g/mol. The van der Waals surface area contributed by atoms with Crippen LogP contribution >= 0.6 is 0 Å². The van der Waals surface area contributed by atoms with Gasteiger partial charge in [0.1, 0.15) is 0 Å². The topological polar surface area (TPSA) is 30.1 Å². The molecule has 0 amide bonds. The summed E-state index contributed by atoms with van der Waals surface area (Å²) in [4.78, 5) is 10.2.